The third-order valence-electron chi connectivity index (χ3n) is 5.64. The van der Waals surface area contributed by atoms with Crippen LogP contribution in [0.25, 0.3) is 0 Å². The Balaban J connectivity index is 1.26. The van der Waals surface area contributed by atoms with Crippen molar-refractivity contribution < 1.29 is 29.2 Å². The first-order valence-corrected chi connectivity index (χ1v) is 11.0. The number of aliphatic hydroxyl groups excluding tert-OH is 2. The lowest BCUT2D eigenvalue weighted by molar-refractivity contribution is -0.912. The maximum absolute atomic E-state index is 11.1. The van der Waals surface area contributed by atoms with Crippen LogP contribution in [0.3, 0.4) is 0 Å². The molecule has 188 valence electrons. The molecule has 3 N–H and O–H groups in total. The van der Waals surface area contributed by atoms with Crippen LogP contribution in [-0.4, -0.2) is 81.8 Å². The van der Waals surface area contributed by atoms with Crippen LogP contribution in [0.15, 0.2) is 49.8 Å². The van der Waals surface area contributed by atoms with Crippen molar-refractivity contribution in [1.29, 1.82) is 0 Å². The lowest BCUT2D eigenvalue weighted by Gasteiger charge is -2.19. The van der Waals surface area contributed by atoms with Crippen molar-refractivity contribution in [3.8, 4) is 0 Å². The summed E-state index contributed by atoms with van der Waals surface area (Å²) in [5, 5.41) is 45.5. The van der Waals surface area contributed by atoms with Gasteiger partial charge >= 0.3 is 12.2 Å². The first kappa shape index (κ1) is 24.4. The van der Waals surface area contributed by atoms with Gasteiger partial charge in [-0.25, -0.2) is 23.9 Å². The fourth-order valence-corrected chi connectivity index (χ4v) is 4.15. The Morgan fingerprint density at radius 2 is 1.66 bits per heavy atom. The van der Waals surface area contributed by atoms with E-state index in [2.05, 4.69) is 10.3 Å². The van der Waals surface area contributed by atoms with Crippen LogP contribution in [0.1, 0.15) is 0 Å². The molecule has 4 heterocycles. The highest BCUT2D eigenvalue weighted by Crippen LogP contribution is 2.09. The fraction of sp³-hybridized carbons (Fsp3) is 0.526. The molecule has 3 aromatic rings. The summed E-state index contributed by atoms with van der Waals surface area (Å²) in [5.41, 5.74) is 0. The molecular formula is C19H28N10O6+2. The summed E-state index contributed by atoms with van der Waals surface area (Å²) in [6.07, 6.45) is 11.1. The monoisotopic (exact) mass is 492 g/mol. The molecule has 4 rings (SSSR count). The Kier molecular flexibility index (Phi) is 7.45. The van der Waals surface area contributed by atoms with Crippen LogP contribution < -0.4 is 14.5 Å². The summed E-state index contributed by atoms with van der Waals surface area (Å²) in [4.78, 5) is 26.3. The number of hydrogen-bond donors (Lipinski definition) is 3. The molecule has 16 heteroatoms. The summed E-state index contributed by atoms with van der Waals surface area (Å²) in [6, 6.07) is 0. The molecule has 0 amide bonds. The Bertz CT molecular complexity index is 1160. The quantitative estimate of drug-likeness (QED) is 0.139. The van der Waals surface area contributed by atoms with Crippen LogP contribution in [0, 0.1) is 20.2 Å². The van der Waals surface area contributed by atoms with E-state index in [9.17, 15) is 30.4 Å². The lowest BCUT2D eigenvalue weighted by atomic mass is 10.3. The highest BCUT2D eigenvalue weighted by Gasteiger charge is 2.34. The van der Waals surface area contributed by atoms with Gasteiger partial charge in [0.15, 0.2) is 0 Å². The second kappa shape index (κ2) is 10.7. The Morgan fingerprint density at radius 3 is 2.26 bits per heavy atom. The normalized spacial score (nSPS) is 18.1. The van der Waals surface area contributed by atoms with Gasteiger partial charge in [0.2, 0.25) is 19.3 Å². The van der Waals surface area contributed by atoms with Crippen LogP contribution in [-0.2, 0) is 26.3 Å². The topological polar surface area (TPSA) is 177 Å². The molecule has 0 spiro atoms. The summed E-state index contributed by atoms with van der Waals surface area (Å²) >= 11 is 0. The first-order chi connectivity index (χ1) is 16.8. The minimum atomic E-state index is -0.965. The van der Waals surface area contributed by atoms with E-state index in [-0.39, 0.29) is 25.6 Å². The molecule has 1 fully saturated rings. The smallest absolute Gasteiger partial charge is 0.390 e. The van der Waals surface area contributed by atoms with Gasteiger partial charge in [-0.15, -0.1) is 0 Å². The molecule has 3 atom stereocenters. The zero-order valence-electron chi connectivity index (χ0n) is 18.9. The Labute approximate surface area is 199 Å². The molecule has 1 aliphatic rings. The molecule has 3 aromatic heterocycles. The highest BCUT2D eigenvalue weighted by atomic mass is 16.6. The van der Waals surface area contributed by atoms with Gasteiger partial charge in [-0.1, -0.05) is 4.98 Å². The van der Waals surface area contributed by atoms with Gasteiger partial charge in [-0.2, -0.15) is 9.13 Å². The molecule has 1 saturated heterocycles. The van der Waals surface area contributed by atoms with Gasteiger partial charge in [0, 0.05) is 19.6 Å². The number of nitro groups is 2. The van der Waals surface area contributed by atoms with Gasteiger partial charge in [-0.05, 0) is 4.92 Å². The minimum absolute atomic E-state index is 0.0460. The second-order valence-electron chi connectivity index (χ2n) is 8.44. The van der Waals surface area contributed by atoms with Crippen LogP contribution in [0.5, 0.6) is 0 Å². The molecular weight excluding hydrogens is 464 g/mol. The zero-order valence-corrected chi connectivity index (χ0v) is 18.9. The minimum Gasteiger partial charge on any atom is -0.390 e. The maximum Gasteiger partial charge on any atom is 0.434 e. The third-order valence-corrected chi connectivity index (χ3v) is 5.64. The van der Waals surface area contributed by atoms with Gasteiger partial charge in [0.25, 0.3) is 0 Å². The van der Waals surface area contributed by atoms with Crippen molar-refractivity contribution in [3.05, 3.63) is 70.1 Å². The van der Waals surface area contributed by atoms with E-state index in [1.807, 2.05) is 44.9 Å². The largest absolute Gasteiger partial charge is 0.434 e. The standard InChI is InChI=1S/C19H28N10O6/c30-16(11-26-3-1-20-18(26)28(32)33)9-22-5-7-24(13-22)15-25-8-6-23(14-25)10-17(31)12-27-4-2-21-19(27)29(34)35/h1,3,5-8,13-14,16-17,19,21,30-31H,2,4,9-12,15H2/q+2. The van der Waals surface area contributed by atoms with Crippen LogP contribution >= 0.6 is 0 Å². The van der Waals surface area contributed by atoms with E-state index in [0.717, 1.165) is 0 Å². The number of aromatic nitrogens is 6. The number of β-amino-alcohol motifs (C(OH)–C–C–N with tert-alkyl or cyclic N) is 1. The predicted molar refractivity (Wildman–Crippen MR) is 116 cm³/mol. The van der Waals surface area contributed by atoms with Crippen molar-refractivity contribution in [2.24, 2.45) is 0 Å². The van der Waals surface area contributed by atoms with E-state index in [0.29, 0.717) is 26.3 Å². The number of hydrogen-bond acceptors (Lipinski definition) is 9. The molecule has 1 aliphatic heterocycles. The number of aliphatic hydroxyl groups is 2. The molecule has 0 aromatic carbocycles. The van der Waals surface area contributed by atoms with Crippen LogP contribution in [0.4, 0.5) is 5.95 Å². The van der Waals surface area contributed by atoms with Crippen molar-refractivity contribution >= 4 is 5.95 Å². The average molecular weight is 492 g/mol. The van der Waals surface area contributed by atoms with Crippen molar-refractivity contribution in [1.82, 2.24) is 28.9 Å². The summed E-state index contributed by atoms with van der Waals surface area (Å²) < 4.78 is 8.69. The van der Waals surface area contributed by atoms with Crippen LogP contribution in [0.2, 0.25) is 0 Å². The number of imidazole rings is 3. The molecule has 0 aliphatic carbocycles. The summed E-state index contributed by atoms with van der Waals surface area (Å²) in [6.45, 7) is 2.29. The van der Waals surface area contributed by atoms with Crippen molar-refractivity contribution in [3.63, 3.8) is 0 Å². The third kappa shape index (κ3) is 6.24. The predicted octanol–water partition coefficient (Wildman–Crippen LogP) is -2.64. The number of nitrogens with one attached hydrogen (secondary N) is 1. The van der Waals surface area contributed by atoms with E-state index in [1.165, 1.54) is 17.0 Å². The van der Waals surface area contributed by atoms with Gasteiger partial charge < -0.3 is 20.3 Å². The molecule has 0 radical (unpaired) electrons. The molecule has 0 bridgehead atoms. The second-order valence-corrected chi connectivity index (χ2v) is 8.44. The van der Waals surface area contributed by atoms with E-state index in [1.54, 1.807) is 15.7 Å². The van der Waals surface area contributed by atoms with E-state index in [4.69, 9.17) is 0 Å². The summed E-state index contributed by atoms with van der Waals surface area (Å²) in [5.74, 6) is -0.313. The highest BCUT2D eigenvalue weighted by molar-refractivity contribution is 5.06. The Hall–Kier alpha value is -3.73. The van der Waals surface area contributed by atoms with Gasteiger partial charge in [-0.3, -0.25) is 10.1 Å². The number of rotatable bonds is 12. The Morgan fingerprint density at radius 1 is 1.03 bits per heavy atom. The lowest BCUT2D eigenvalue weighted by Crippen LogP contribution is -2.49. The number of nitrogens with zero attached hydrogens (tertiary/aromatic N) is 9. The first-order valence-electron chi connectivity index (χ1n) is 11.0. The average Bonchev–Trinajstić information content (AvgIpc) is 3.57. The SMILES string of the molecule is O=[N+]([O-])c1nccn1CC(O)Cn1cc[n+](C[n+]2ccn(CC(O)CN3CCNC3[N+](=O)[O-])c2)c1. The molecule has 3 unspecified atom stereocenters. The van der Waals surface area contributed by atoms with Gasteiger partial charge in [0.1, 0.15) is 69.0 Å². The maximum atomic E-state index is 11.1. The van der Waals surface area contributed by atoms with E-state index < -0.39 is 28.3 Å². The molecule has 35 heavy (non-hydrogen) atoms. The van der Waals surface area contributed by atoms with Crippen molar-refractivity contribution in [2.45, 2.75) is 44.8 Å². The van der Waals surface area contributed by atoms with Gasteiger partial charge in [0.05, 0.1) is 4.92 Å². The summed E-state index contributed by atoms with van der Waals surface area (Å²) in [7, 11) is 0. The van der Waals surface area contributed by atoms with Crippen molar-refractivity contribution in [2.75, 3.05) is 19.6 Å². The zero-order chi connectivity index (χ0) is 24.9. The fourth-order valence-electron chi connectivity index (χ4n) is 4.15. The molecule has 0 saturated carbocycles. The molecule has 16 nitrogen and oxygen atoms in total. The van der Waals surface area contributed by atoms with E-state index >= 15 is 0 Å².